The van der Waals surface area contributed by atoms with Gasteiger partial charge in [0.2, 0.25) is 0 Å². The molecular weight excluding hydrogens is 230 g/mol. The number of hydrogen-bond acceptors (Lipinski definition) is 4. The van der Waals surface area contributed by atoms with Gasteiger partial charge in [0.1, 0.15) is 4.88 Å². The fourth-order valence-corrected chi connectivity index (χ4v) is 2.51. The zero-order chi connectivity index (χ0) is 11.5. The quantitative estimate of drug-likeness (QED) is 0.837. The number of carboxylic acids is 1. The molecule has 0 unspecified atom stereocenters. The minimum Gasteiger partial charge on any atom is -0.477 e. The molecule has 0 aromatic carbocycles. The first-order chi connectivity index (χ1) is 7.65. The first kappa shape index (κ1) is 10.9. The number of carboxylic acid groups (broad SMARTS) is 1. The minimum absolute atomic E-state index is 0.220. The molecule has 1 aliphatic heterocycles. The van der Waals surface area contributed by atoms with Crippen LogP contribution in [-0.2, 0) is 11.2 Å². The van der Waals surface area contributed by atoms with Gasteiger partial charge in [-0.2, -0.15) is 0 Å². The highest BCUT2D eigenvalue weighted by Crippen LogP contribution is 2.20. The van der Waals surface area contributed by atoms with Gasteiger partial charge in [-0.3, -0.25) is 0 Å². The second-order valence-corrected chi connectivity index (χ2v) is 4.79. The first-order valence-corrected chi connectivity index (χ1v) is 5.69. The third-order valence-electron chi connectivity index (χ3n) is 2.35. The van der Waals surface area contributed by atoms with Crippen LogP contribution in [0.25, 0.3) is 0 Å². The van der Waals surface area contributed by atoms with E-state index in [2.05, 4.69) is 5.32 Å². The van der Waals surface area contributed by atoms with E-state index >= 15 is 0 Å². The number of aromatic carboxylic acids is 1. The Morgan fingerprint density at radius 3 is 3.00 bits per heavy atom. The lowest BCUT2D eigenvalue weighted by molar-refractivity contribution is 0.0702. The lowest BCUT2D eigenvalue weighted by Gasteiger charge is -2.21. The smallest absolute Gasteiger partial charge is 0.407 e. The van der Waals surface area contributed by atoms with E-state index in [-0.39, 0.29) is 12.0 Å². The van der Waals surface area contributed by atoms with Crippen molar-refractivity contribution in [2.24, 2.45) is 5.92 Å². The van der Waals surface area contributed by atoms with E-state index in [1.807, 2.05) is 6.07 Å². The van der Waals surface area contributed by atoms with Gasteiger partial charge < -0.3 is 15.2 Å². The summed E-state index contributed by atoms with van der Waals surface area (Å²) in [7, 11) is 0. The van der Waals surface area contributed by atoms with E-state index in [9.17, 15) is 9.59 Å². The third-order valence-corrected chi connectivity index (χ3v) is 3.44. The summed E-state index contributed by atoms with van der Waals surface area (Å²) in [5.41, 5.74) is 0. The number of hydrogen-bond donors (Lipinski definition) is 2. The van der Waals surface area contributed by atoms with Crippen LogP contribution < -0.4 is 5.32 Å². The molecule has 5 nitrogen and oxygen atoms in total. The number of carbonyl (C=O) groups is 2. The maximum atomic E-state index is 10.7. The van der Waals surface area contributed by atoms with Crippen LogP contribution in [0.15, 0.2) is 12.1 Å². The molecule has 1 saturated heterocycles. The van der Waals surface area contributed by atoms with Crippen LogP contribution in [0.5, 0.6) is 0 Å². The number of amides is 1. The van der Waals surface area contributed by atoms with Gasteiger partial charge in [0.05, 0.1) is 6.61 Å². The number of thiophene rings is 1. The summed E-state index contributed by atoms with van der Waals surface area (Å²) < 4.78 is 4.86. The van der Waals surface area contributed by atoms with Crippen molar-refractivity contribution >= 4 is 23.4 Å². The van der Waals surface area contributed by atoms with E-state index in [0.29, 0.717) is 18.0 Å². The normalized spacial score (nSPS) is 20.0. The van der Waals surface area contributed by atoms with E-state index in [1.54, 1.807) is 6.07 Å². The van der Waals surface area contributed by atoms with E-state index in [1.165, 1.54) is 11.3 Å². The van der Waals surface area contributed by atoms with Crippen LogP contribution in [0.1, 0.15) is 14.5 Å². The molecule has 1 atom stereocenters. The van der Waals surface area contributed by atoms with E-state index in [0.717, 1.165) is 11.3 Å². The summed E-state index contributed by atoms with van der Waals surface area (Å²) in [5, 5.41) is 11.4. The van der Waals surface area contributed by atoms with Crippen molar-refractivity contribution in [3.63, 3.8) is 0 Å². The summed E-state index contributed by atoms with van der Waals surface area (Å²) in [6.07, 6.45) is 0.353. The number of carbonyl (C=O) groups excluding carboxylic acids is 1. The molecule has 1 fully saturated rings. The van der Waals surface area contributed by atoms with E-state index in [4.69, 9.17) is 9.84 Å². The standard InChI is InChI=1S/C10H11NO4S/c12-9(13)8-2-1-7(16-8)3-6-4-11-10(14)15-5-6/h1-2,6H,3-5H2,(H,11,14)(H,12,13)/t6-/m1/s1. The zero-order valence-electron chi connectivity index (χ0n) is 8.43. The average Bonchev–Trinajstić information content (AvgIpc) is 2.70. The molecule has 0 bridgehead atoms. The predicted molar refractivity (Wildman–Crippen MR) is 57.8 cm³/mol. The molecule has 2 N–H and O–H groups in total. The highest BCUT2D eigenvalue weighted by Gasteiger charge is 2.20. The molecule has 1 aliphatic rings. The Hall–Kier alpha value is -1.56. The number of nitrogens with one attached hydrogen (secondary N) is 1. The average molecular weight is 241 g/mol. The predicted octanol–water partition coefficient (Wildman–Crippen LogP) is 1.34. The van der Waals surface area contributed by atoms with Crippen LogP contribution in [-0.4, -0.2) is 30.3 Å². The van der Waals surface area contributed by atoms with Gasteiger partial charge in [-0.05, 0) is 18.6 Å². The van der Waals surface area contributed by atoms with E-state index < -0.39 is 5.97 Å². The monoisotopic (exact) mass is 241 g/mol. The largest absolute Gasteiger partial charge is 0.477 e. The lowest BCUT2D eigenvalue weighted by Crippen LogP contribution is -2.39. The molecule has 1 aromatic heterocycles. The summed E-state index contributed by atoms with van der Waals surface area (Å²) >= 11 is 1.27. The van der Waals surface area contributed by atoms with Crippen molar-refractivity contribution in [3.8, 4) is 0 Å². The number of alkyl carbamates (subject to hydrolysis) is 1. The SMILES string of the molecule is O=C1NC[C@@H](Cc2ccc(C(=O)O)s2)CO1. The fraction of sp³-hybridized carbons (Fsp3) is 0.400. The van der Waals surface area contributed by atoms with Crippen LogP contribution in [0.2, 0.25) is 0 Å². The molecule has 0 spiro atoms. The second-order valence-electron chi connectivity index (χ2n) is 3.62. The summed E-state index contributed by atoms with van der Waals surface area (Å²) in [6.45, 7) is 0.977. The molecule has 2 rings (SSSR count). The molecule has 2 heterocycles. The maximum Gasteiger partial charge on any atom is 0.407 e. The Morgan fingerprint density at radius 2 is 2.44 bits per heavy atom. The van der Waals surface area contributed by atoms with Crippen molar-refractivity contribution in [2.75, 3.05) is 13.2 Å². The number of rotatable bonds is 3. The van der Waals surface area contributed by atoms with Gasteiger partial charge in [-0.15, -0.1) is 11.3 Å². The van der Waals surface area contributed by atoms with Gasteiger partial charge >= 0.3 is 12.1 Å². The summed E-state index contributed by atoms with van der Waals surface area (Å²) in [5.74, 6) is -0.678. The Morgan fingerprint density at radius 1 is 1.62 bits per heavy atom. The Bertz CT molecular complexity index is 405. The Balaban J connectivity index is 1.93. The molecule has 0 aliphatic carbocycles. The van der Waals surface area contributed by atoms with Crippen LogP contribution in [0, 0.1) is 5.92 Å². The van der Waals surface area contributed by atoms with Gasteiger partial charge in [-0.1, -0.05) is 0 Å². The van der Waals surface area contributed by atoms with Crippen LogP contribution >= 0.6 is 11.3 Å². The van der Waals surface area contributed by atoms with Crippen molar-refractivity contribution < 1.29 is 19.4 Å². The molecule has 0 saturated carbocycles. The topological polar surface area (TPSA) is 75.6 Å². The van der Waals surface area contributed by atoms with Gasteiger partial charge in [0, 0.05) is 17.3 Å². The zero-order valence-corrected chi connectivity index (χ0v) is 9.25. The third kappa shape index (κ3) is 2.52. The van der Waals surface area contributed by atoms with Gasteiger partial charge in [0.25, 0.3) is 0 Å². The Labute approximate surface area is 96.0 Å². The van der Waals surface area contributed by atoms with Crippen LogP contribution in [0.4, 0.5) is 4.79 Å². The molecule has 86 valence electrons. The van der Waals surface area contributed by atoms with Crippen molar-refractivity contribution in [2.45, 2.75) is 6.42 Å². The molecule has 1 aromatic rings. The minimum atomic E-state index is -0.899. The Kier molecular flexibility index (Phi) is 3.09. The number of cyclic esters (lactones) is 1. The molecule has 6 heteroatoms. The number of ether oxygens (including phenoxy) is 1. The van der Waals surface area contributed by atoms with Crippen LogP contribution in [0.3, 0.4) is 0 Å². The first-order valence-electron chi connectivity index (χ1n) is 4.88. The summed E-state index contributed by atoms with van der Waals surface area (Å²) in [6, 6.07) is 3.41. The molecular formula is C10H11NO4S. The highest BCUT2D eigenvalue weighted by atomic mass is 32.1. The van der Waals surface area contributed by atoms with Crippen molar-refractivity contribution in [1.29, 1.82) is 0 Å². The fourth-order valence-electron chi connectivity index (χ4n) is 1.55. The molecule has 0 radical (unpaired) electrons. The van der Waals surface area contributed by atoms with Crippen molar-refractivity contribution in [1.82, 2.24) is 5.32 Å². The summed E-state index contributed by atoms with van der Waals surface area (Å²) in [4.78, 5) is 22.8. The molecule has 1 amide bonds. The lowest BCUT2D eigenvalue weighted by atomic mass is 10.1. The van der Waals surface area contributed by atoms with Crippen molar-refractivity contribution in [3.05, 3.63) is 21.9 Å². The molecule has 16 heavy (non-hydrogen) atoms. The second kappa shape index (κ2) is 4.52. The van der Waals surface area contributed by atoms with Gasteiger partial charge in [-0.25, -0.2) is 9.59 Å². The highest BCUT2D eigenvalue weighted by molar-refractivity contribution is 7.13. The van der Waals surface area contributed by atoms with Gasteiger partial charge in [0.15, 0.2) is 0 Å². The maximum absolute atomic E-state index is 10.7.